The summed E-state index contributed by atoms with van der Waals surface area (Å²) in [6, 6.07) is 6.67. The van der Waals surface area contributed by atoms with Crippen molar-refractivity contribution in [2.45, 2.75) is 38.0 Å². The van der Waals surface area contributed by atoms with Crippen molar-refractivity contribution in [1.82, 2.24) is 9.88 Å². The average molecular weight is 262 g/mol. The molecule has 0 aliphatic carbocycles. The van der Waals surface area contributed by atoms with E-state index in [0.717, 1.165) is 38.4 Å². The molecule has 0 radical (unpaired) electrons. The van der Waals surface area contributed by atoms with Crippen LogP contribution in [0.15, 0.2) is 24.4 Å². The van der Waals surface area contributed by atoms with Crippen LogP contribution in [0.25, 0.3) is 0 Å². The van der Waals surface area contributed by atoms with Crippen molar-refractivity contribution in [3.05, 3.63) is 30.1 Å². The van der Waals surface area contributed by atoms with Gasteiger partial charge in [-0.1, -0.05) is 6.07 Å². The Bertz CT molecular complexity index is 379. The van der Waals surface area contributed by atoms with Crippen molar-refractivity contribution in [2.75, 3.05) is 26.3 Å². The predicted molar refractivity (Wildman–Crippen MR) is 72.8 cm³/mol. The van der Waals surface area contributed by atoms with Gasteiger partial charge in [0, 0.05) is 38.5 Å². The maximum atomic E-state index is 5.97. The van der Waals surface area contributed by atoms with Crippen LogP contribution in [0.3, 0.4) is 0 Å². The lowest BCUT2D eigenvalue weighted by molar-refractivity contribution is 0.0198. The molecule has 104 valence electrons. The molecule has 4 heteroatoms. The van der Waals surface area contributed by atoms with Crippen molar-refractivity contribution in [3.8, 4) is 0 Å². The largest absolute Gasteiger partial charge is 0.381 e. The molecule has 2 saturated heterocycles. The van der Waals surface area contributed by atoms with Gasteiger partial charge in [0.2, 0.25) is 0 Å². The molecule has 0 aromatic carbocycles. The minimum absolute atomic E-state index is 0.366. The second-order valence-corrected chi connectivity index (χ2v) is 5.38. The second-order valence-electron chi connectivity index (χ2n) is 5.38. The molecule has 2 aliphatic heterocycles. The molecule has 0 N–H and O–H groups in total. The Labute approximate surface area is 114 Å². The van der Waals surface area contributed by atoms with E-state index in [1.54, 1.807) is 0 Å². The predicted octanol–water partition coefficient (Wildman–Crippen LogP) is 1.85. The standard InChI is InChI=1S/C15H22N2O2/c1-2-7-16-13(3-1)12-19-15-4-8-17(11-15)14-5-9-18-10-6-14/h1-3,7,14-15H,4-6,8-12H2/t15-/m1/s1. The molecule has 3 rings (SSSR count). The molecule has 19 heavy (non-hydrogen) atoms. The Morgan fingerprint density at radius 3 is 2.95 bits per heavy atom. The van der Waals surface area contributed by atoms with Gasteiger partial charge in [-0.25, -0.2) is 0 Å². The molecule has 0 unspecified atom stereocenters. The van der Waals surface area contributed by atoms with Crippen LogP contribution in [-0.4, -0.2) is 48.3 Å². The van der Waals surface area contributed by atoms with Crippen LogP contribution in [0, 0.1) is 0 Å². The third kappa shape index (κ3) is 3.53. The second kappa shape index (κ2) is 6.46. The van der Waals surface area contributed by atoms with Crippen LogP contribution < -0.4 is 0 Å². The summed E-state index contributed by atoms with van der Waals surface area (Å²) in [6.07, 6.45) is 5.68. The van der Waals surface area contributed by atoms with E-state index in [9.17, 15) is 0 Å². The van der Waals surface area contributed by atoms with E-state index in [0.29, 0.717) is 18.8 Å². The number of hydrogen-bond acceptors (Lipinski definition) is 4. The first-order valence-electron chi connectivity index (χ1n) is 7.25. The lowest BCUT2D eigenvalue weighted by Gasteiger charge is -2.30. The zero-order valence-electron chi connectivity index (χ0n) is 11.3. The minimum atomic E-state index is 0.366. The zero-order valence-corrected chi connectivity index (χ0v) is 11.3. The van der Waals surface area contributed by atoms with Gasteiger partial charge >= 0.3 is 0 Å². The maximum Gasteiger partial charge on any atom is 0.0892 e. The van der Waals surface area contributed by atoms with Gasteiger partial charge in [-0.05, 0) is 31.4 Å². The monoisotopic (exact) mass is 262 g/mol. The zero-order chi connectivity index (χ0) is 12.9. The Balaban J connectivity index is 1.44. The van der Waals surface area contributed by atoms with E-state index in [4.69, 9.17) is 9.47 Å². The molecule has 4 nitrogen and oxygen atoms in total. The Morgan fingerprint density at radius 1 is 1.26 bits per heavy atom. The van der Waals surface area contributed by atoms with Gasteiger partial charge in [0.1, 0.15) is 0 Å². The number of hydrogen-bond donors (Lipinski definition) is 0. The fourth-order valence-electron chi connectivity index (χ4n) is 2.96. The molecule has 1 aromatic rings. The third-order valence-electron chi connectivity index (χ3n) is 4.08. The van der Waals surface area contributed by atoms with Crippen molar-refractivity contribution in [2.24, 2.45) is 0 Å². The number of aromatic nitrogens is 1. The van der Waals surface area contributed by atoms with E-state index >= 15 is 0 Å². The number of likely N-dealkylation sites (tertiary alicyclic amines) is 1. The summed E-state index contributed by atoms with van der Waals surface area (Å²) < 4.78 is 11.4. The van der Waals surface area contributed by atoms with Crippen molar-refractivity contribution in [1.29, 1.82) is 0 Å². The number of rotatable bonds is 4. The summed E-state index contributed by atoms with van der Waals surface area (Å²) in [6.45, 7) is 4.70. The molecule has 2 fully saturated rings. The topological polar surface area (TPSA) is 34.6 Å². The van der Waals surface area contributed by atoms with E-state index in [-0.39, 0.29) is 0 Å². The summed E-state index contributed by atoms with van der Waals surface area (Å²) in [5, 5.41) is 0. The van der Waals surface area contributed by atoms with Gasteiger partial charge in [0.25, 0.3) is 0 Å². The Morgan fingerprint density at radius 2 is 2.16 bits per heavy atom. The van der Waals surface area contributed by atoms with Crippen molar-refractivity contribution >= 4 is 0 Å². The molecule has 0 spiro atoms. The average Bonchev–Trinajstić information content (AvgIpc) is 2.96. The van der Waals surface area contributed by atoms with Crippen LogP contribution in [0.5, 0.6) is 0 Å². The Hall–Kier alpha value is -0.970. The van der Waals surface area contributed by atoms with Gasteiger partial charge < -0.3 is 9.47 Å². The third-order valence-corrected chi connectivity index (χ3v) is 4.08. The van der Waals surface area contributed by atoms with Crippen molar-refractivity contribution < 1.29 is 9.47 Å². The lowest BCUT2D eigenvalue weighted by atomic mass is 10.1. The van der Waals surface area contributed by atoms with Crippen LogP contribution in [0.4, 0.5) is 0 Å². The minimum Gasteiger partial charge on any atom is -0.381 e. The molecule has 1 atom stereocenters. The van der Waals surface area contributed by atoms with E-state index < -0.39 is 0 Å². The molecule has 0 saturated carbocycles. The lowest BCUT2D eigenvalue weighted by Crippen LogP contribution is -2.38. The Kier molecular flexibility index (Phi) is 4.43. The molecule has 0 bridgehead atoms. The number of nitrogens with zero attached hydrogens (tertiary/aromatic N) is 2. The van der Waals surface area contributed by atoms with Crippen LogP contribution in [0.1, 0.15) is 25.0 Å². The molecule has 1 aromatic heterocycles. The molecule has 0 amide bonds. The van der Waals surface area contributed by atoms with Crippen LogP contribution >= 0.6 is 0 Å². The summed E-state index contributed by atoms with van der Waals surface area (Å²) in [5.74, 6) is 0. The van der Waals surface area contributed by atoms with E-state index in [1.165, 1.54) is 12.8 Å². The van der Waals surface area contributed by atoms with E-state index in [2.05, 4.69) is 9.88 Å². The molecule has 2 aliphatic rings. The highest BCUT2D eigenvalue weighted by molar-refractivity contribution is 5.02. The summed E-state index contributed by atoms with van der Waals surface area (Å²) in [5.41, 5.74) is 1.02. The smallest absolute Gasteiger partial charge is 0.0892 e. The highest BCUT2D eigenvalue weighted by atomic mass is 16.5. The highest BCUT2D eigenvalue weighted by Crippen LogP contribution is 2.22. The first kappa shape index (κ1) is 13.0. The van der Waals surface area contributed by atoms with Gasteiger partial charge in [0.05, 0.1) is 18.4 Å². The molecular weight excluding hydrogens is 240 g/mol. The maximum absolute atomic E-state index is 5.97. The van der Waals surface area contributed by atoms with Crippen molar-refractivity contribution in [3.63, 3.8) is 0 Å². The quantitative estimate of drug-likeness (QED) is 0.829. The van der Waals surface area contributed by atoms with Gasteiger partial charge in [-0.15, -0.1) is 0 Å². The molecule has 3 heterocycles. The van der Waals surface area contributed by atoms with Gasteiger partial charge in [0.15, 0.2) is 0 Å². The summed E-state index contributed by atoms with van der Waals surface area (Å²) >= 11 is 0. The van der Waals surface area contributed by atoms with E-state index in [1.807, 2.05) is 24.4 Å². The SMILES string of the molecule is c1ccc(CO[C@@H]2CCN(C3CCOCC3)C2)nc1. The normalized spacial score (nSPS) is 25.8. The van der Waals surface area contributed by atoms with Crippen LogP contribution in [-0.2, 0) is 16.1 Å². The fourth-order valence-corrected chi connectivity index (χ4v) is 2.96. The number of ether oxygens (including phenoxy) is 2. The highest BCUT2D eigenvalue weighted by Gasteiger charge is 2.29. The number of pyridine rings is 1. The summed E-state index contributed by atoms with van der Waals surface area (Å²) in [7, 11) is 0. The first-order chi connectivity index (χ1) is 9.42. The van der Waals surface area contributed by atoms with Gasteiger partial charge in [-0.3, -0.25) is 9.88 Å². The van der Waals surface area contributed by atoms with Crippen LogP contribution in [0.2, 0.25) is 0 Å². The molecular formula is C15H22N2O2. The summed E-state index contributed by atoms with van der Waals surface area (Å²) in [4.78, 5) is 6.87. The fraction of sp³-hybridized carbons (Fsp3) is 0.667. The van der Waals surface area contributed by atoms with Gasteiger partial charge in [-0.2, -0.15) is 0 Å². The first-order valence-corrected chi connectivity index (χ1v) is 7.25.